The molecule has 0 atom stereocenters. The molecule has 0 saturated heterocycles. The number of aryl methyl sites for hydroxylation is 1. The van der Waals surface area contributed by atoms with Crippen LogP contribution in [0.4, 0.5) is 4.79 Å². The number of unbranched alkanes of at least 4 members (excludes halogenated alkanes) is 1. The second kappa shape index (κ2) is 4.07. The quantitative estimate of drug-likeness (QED) is 0.715. The molecule has 1 N–H and O–H groups in total. The molecule has 0 amide bonds. The van der Waals surface area contributed by atoms with E-state index in [1.54, 1.807) is 12.4 Å². The van der Waals surface area contributed by atoms with Crippen molar-refractivity contribution >= 4 is 6.09 Å². The molecule has 0 radical (unpaired) electrons. The molecule has 0 fully saturated rings. The van der Waals surface area contributed by atoms with E-state index >= 15 is 0 Å². The van der Waals surface area contributed by atoms with Gasteiger partial charge < -0.3 is 5.11 Å². The molecule has 1 rings (SSSR count). The lowest BCUT2D eigenvalue weighted by molar-refractivity contribution is -0.678. The molecule has 13 heavy (non-hydrogen) atoms. The van der Waals surface area contributed by atoms with Crippen LogP contribution in [0.3, 0.4) is 0 Å². The highest BCUT2D eigenvalue weighted by Gasteiger charge is 2.18. The van der Waals surface area contributed by atoms with Crippen molar-refractivity contribution in [2.45, 2.75) is 26.2 Å². The topological polar surface area (TPSA) is 46.1 Å². The van der Waals surface area contributed by atoms with Crippen LogP contribution in [0.1, 0.15) is 25.6 Å². The molecule has 1 heterocycles. The van der Waals surface area contributed by atoms with Gasteiger partial charge >= 0.3 is 6.09 Å². The number of rotatable bonds is 3. The number of aromatic nitrogens is 2. The SMILES string of the molecule is CCCCc1n(C(=O)O)cc[n+]1C. The predicted molar refractivity (Wildman–Crippen MR) is 47.6 cm³/mol. The summed E-state index contributed by atoms with van der Waals surface area (Å²) in [5.74, 6) is 0.842. The molecular weight excluding hydrogens is 168 g/mol. The molecular formula is C9H15N2O2+. The van der Waals surface area contributed by atoms with Gasteiger partial charge in [-0.1, -0.05) is 13.3 Å². The number of carbonyl (C=O) groups is 1. The van der Waals surface area contributed by atoms with Crippen LogP contribution in [0.2, 0.25) is 0 Å². The van der Waals surface area contributed by atoms with Crippen molar-refractivity contribution in [3.63, 3.8) is 0 Å². The minimum absolute atomic E-state index is 0.812. The smallest absolute Gasteiger partial charge is 0.446 e. The van der Waals surface area contributed by atoms with Crippen molar-refractivity contribution in [3.05, 3.63) is 18.2 Å². The highest BCUT2D eigenvalue weighted by Crippen LogP contribution is 2.00. The van der Waals surface area contributed by atoms with E-state index in [9.17, 15) is 4.79 Å². The van der Waals surface area contributed by atoms with Gasteiger partial charge in [-0.05, 0) is 6.42 Å². The molecule has 4 nitrogen and oxygen atoms in total. The minimum atomic E-state index is -0.910. The highest BCUT2D eigenvalue weighted by atomic mass is 16.4. The first-order chi connectivity index (χ1) is 6.16. The van der Waals surface area contributed by atoms with Crippen LogP contribution in [-0.2, 0) is 13.5 Å². The van der Waals surface area contributed by atoms with Gasteiger partial charge in [-0.3, -0.25) is 0 Å². The molecule has 0 bridgehead atoms. The van der Waals surface area contributed by atoms with E-state index in [0.29, 0.717) is 0 Å². The number of nitrogens with zero attached hydrogens (tertiary/aromatic N) is 2. The number of imidazole rings is 1. The minimum Gasteiger partial charge on any atom is -0.446 e. The van der Waals surface area contributed by atoms with E-state index in [0.717, 1.165) is 25.1 Å². The fraction of sp³-hybridized carbons (Fsp3) is 0.556. The lowest BCUT2D eigenvalue weighted by atomic mass is 10.2. The summed E-state index contributed by atoms with van der Waals surface area (Å²) < 4.78 is 3.12. The third-order valence-electron chi connectivity index (χ3n) is 2.08. The fourth-order valence-corrected chi connectivity index (χ4v) is 1.31. The van der Waals surface area contributed by atoms with Gasteiger partial charge in [-0.25, -0.2) is 4.57 Å². The maximum absolute atomic E-state index is 10.7. The third-order valence-corrected chi connectivity index (χ3v) is 2.08. The van der Waals surface area contributed by atoms with Gasteiger partial charge in [-0.15, -0.1) is 4.57 Å². The molecule has 0 aromatic carbocycles. The molecule has 1 aromatic rings. The van der Waals surface area contributed by atoms with E-state index in [1.165, 1.54) is 4.57 Å². The Morgan fingerprint density at radius 2 is 2.38 bits per heavy atom. The largest absolute Gasteiger partial charge is 0.509 e. The summed E-state index contributed by atoms with van der Waals surface area (Å²) in [6, 6.07) is 0. The second-order valence-electron chi connectivity index (χ2n) is 3.08. The van der Waals surface area contributed by atoms with Crippen molar-refractivity contribution in [1.29, 1.82) is 0 Å². The van der Waals surface area contributed by atoms with Crippen molar-refractivity contribution in [3.8, 4) is 0 Å². The summed E-state index contributed by atoms with van der Waals surface area (Å²) in [4.78, 5) is 10.7. The van der Waals surface area contributed by atoms with Gasteiger partial charge in [0.05, 0.1) is 7.05 Å². The monoisotopic (exact) mass is 183 g/mol. The van der Waals surface area contributed by atoms with E-state index in [-0.39, 0.29) is 0 Å². The van der Waals surface area contributed by atoms with Gasteiger partial charge in [0.1, 0.15) is 12.4 Å². The number of hydrogen-bond donors (Lipinski definition) is 1. The Bertz CT molecular complexity index is 305. The molecule has 0 spiro atoms. The first kappa shape index (κ1) is 9.77. The normalized spacial score (nSPS) is 10.3. The Balaban J connectivity index is 2.88. The van der Waals surface area contributed by atoms with Crippen LogP contribution in [0.25, 0.3) is 0 Å². The lowest BCUT2D eigenvalue weighted by Crippen LogP contribution is -2.33. The van der Waals surface area contributed by atoms with Crippen molar-refractivity contribution in [2.24, 2.45) is 7.05 Å². The Kier molecular flexibility index (Phi) is 3.06. The maximum atomic E-state index is 10.7. The molecule has 72 valence electrons. The fourth-order valence-electron chi connectivity index (χ4n) is 1.31. The Hall–Kier alpha value is -1.32. The molecule has 0 aliphatic heterocycles. The first-order valence-electron chi connectivity index (χ1n) is 4.46. The van der Waals surface area contributed by atoms with Crippen LogP contribution in [0.5, 0.6) is 0 Å². The van der Waals surface area contributed by atoms with E-state index in [4.69, 9.17) is 5.11 Å². The summed E-state index contributed by atoms with van der Waals surface area (Å²) in [5.41, 5.74) is 0. The molecule has 0 unspecified atom stereocenters. The summed E-state index contributed by atoms with van der Waals surface area (Å²) in [6.07, 6.45) is 5.33. The van der Waals surface area contributed by atoms with Gasteiger partial charge in [0.2, 0.25) is 0 Å². The van der Waals surface area contributed by atoms with Crippen LogP contribution in [0.15, 0.2) is 12.4 Å². The number of carboxylic acid groups (broad SMARTS) is 1. The zero-order valence-corrected chi connectivity index (χ0v) is 8.03. The Morgan fingerprint density at radius 1 is 1.69 bits per heavy atom. The van der Waals surface area contributed by atoms with Crippen molar-refractivity contribution in [2.75, 3.05) is 0 Å². The Labute approximate surface area is 77.4 Å². The van der Waals surface area contributed by atoms with Gasteiger partial charge in [0.15, 0.2) is 0 Å². The third kappa shape index (κ3) is 2.08. The average molecular weight is 183 g/mol. The Morgan fingerprint density at radius 3 is 2.92 bits per heavy atom. The van der Waals surface area contributed by atoms with E-state index < -0.39 is 6.09 Å². The van der Waals surface area contributed by atoms with Gasteiger partial charge in [0, 0.05) is 6.42 Å². The maximum Gasteiger partial charge on any atom is 0.509 e. The molecule has 1 aromatic heterocycles. The summed E-state index contributed by atoms with van der Waals surface area (Å²) in [5, 5.41) is 8.83. The molecule has 0 saturated carbocycles. The standard InChI is InChI=1S/C9H14N2O2/c1-3-4-5-8-10(2)6-7-11(8)9(12)13/h6-7H,3-5H2,1-2H3/p+1. The van der Waals surface area contributed by atoms with Gasteiger partial charge in [-0.2, -0.15) is 4.79 Å². The van der Waals surface area contributed by atoms with Crippen LogP contribution >= 0.6 is 0 Å². The van der Waals surface area contributed by atoms with Crippen LogP contribution < -0.4 is 4.57 Å². The van der Waals surface area contributed by atoms with Gasteiger partial charge in [0.25, 0.3) is 5.82 Å². The molecule has 0 aliphatic carbocycles. The summed E-state index contributed by atoms with van der Waals surface area (Å²) in [6.45, 7) is 2.09. The molecule has 0 aliphatic rings. The van der Waals surface area contributed by atoms with Crippen LogP contribution in [0, 0.1) is 0 Å². The lowest BCUT2D eigenvalue weighted by Gasteiger charge is -1.96. The zero-order chi connectivity index (χ0) is 9.84. The van der Waals surface area contributed by atoms with E-state index in [2.05, 4.69) is 6.92 Å². The zero-order valence-electron chi connectivity index (χ0n) is 8.03. The van der Waals surface area contributed by atoms with Crippen LogP contribution in [-0.4, -0.2) is 15.8 Å². The van der Waals surface area contributed by atoms with E-state index in [1.807, 2.05) is 11.6 Å². The average Bonchev–Trinajstić information content (AvgIpc) is 2.43. The van der Waals surface area contributed by atoms with Crippen molar-refractivity contribution < 1.29 is 14.5 Å². The highest BCUT2D eigenvalue weighted by molar-refractivity contribution is 5.68. The number of hydrogen-bond acceptors (Lipinski definition) is 1. The first-order valence-corrected chi connectivity index (χ1v) is 4.46. The second-order valence-corrected chi connectivity index (χ2v) is 3.08. The molecule has 4 heteroatoms. The predicted octanol–water partition coefficient (Wildman–Crippen LogP) is 1.18. The summed E-state index contributed by atoms with van der Waals surface area (Å²) in [7, 11) is 1.87. The van der Waals surface area contributed by atoms with Crippen molar-refractivity contribution in [1.82, 2.24) is 4.57 Å². The summed E-state index contributed by atoms with van der Waals surface area (Å²) >= 11 is 0.